The molecule has 0 unspecified atom stereocenters. The average molecular weight is 891 g/mol. The Morgan fingerprint density at radius 3 is 1.00 bits per heavy atom. The molecule has 0 atom stereocenters. The summed E-state index contributed by atoms with van der Waals surface area (Å²) >= 11 is 0. The van der Waals surface area contributed by atoms with E-state index < -0.39 is 0 Å². The van der Waals surface area contributed by atoms with Crippen molar-refractivity contribution in [3.05, 3.63) is 96.1 Å². The number of hydrogen-bond donors (Lipinski definition) is 0. The average Bonchev–Trinajstić information content (AvgIpc) is 3.33. The maximum Gasteiger partial charge on any atom is 0.311 e. The van der Waals surface area contributed by atoms with Crippen molar-refractivity contribution in [1.29, 1.82) is 0 Å². The van der Waals surface area contributed by atoms with E-state index in [4.69, 9.17) is 9.47 Å². The van der Waals surface area contributed by atoms with Gasteiger partial charge in [-0.1, -0.05) is 241 Å². The molecule has 0 aliphatic heterocycles. The first kappa shape index (κ1) is 50.7. The molecule has 0 radical (unpaired) electrons. The van der Waals surface area contributed by atoms with Crippen molar-refractivity contribution in [3.63, 3.8) is 0 Å². The molecule has 0 fully saturated rings. The Balaban J connectivity index is 1.50. The molecule has 0 saturated heterocycles. The number of benzene rings is 6. The molecule has 4 heteroatoms. The molecule has 6 rings (SSSR count). The predicted molar refractivity (Wildman–Crippen MR) is 283 cm³/mol. The van der Waals surface area contributed by atoms with E-state index in [0.717, 1.165) is 118 Å². The highest BCUT2D eigenvalue weighted by molar-refractivity contribution is 6.27. The van der Waals surface area contributed by atoms with Crippen LogP contribution >= 0.6 is 0 Å². The van der Waals surface area contributed by atoms with E-state index >= 15 is 0 Å². The van der Waals surface area contributed by atoms with E-state index in [2.05, 4.69) is 113 Å². The van der Waals surface area contributed by atoms with Crippen LogP contribution in [0.25, 0.3) is 54.2 Å². The second-order valence-electron chi connectivity index (χ2n) is 19.3. The van der Waals surface area contributed by atoms with Gasteiger partial charge < -0.3 is 9.47 Å². The smallest absolute Gasteiger partial charge is 0.311 e. The monoisotopic (exact) mass is 891 g/mol. The fourth-order valence-corrected chi connectivity index (χ4v) is 10.1. The van der Waals surface area contributed by atoms with Crippen LogP contribution < -0.4 is 9.47 Å². The first-order valence-corrected chi connectivity index (χ1v) is 26.8. The van der Waals surface area contributed by atoms with Gasteiger partial charge in [-0.05, 0) is 82.3 Å². The van der Waals surface area contributed by atoms with Gasteiger partial charge in [-0.15, -0.1) is 0 Å². The lowest BCUT2D eigenvalue weighted by atomic mass is 9.84. The Morgan fingerprint density at radius 2 is 0.636 bits per heavy atom. The van der Waals surface area contributed by atoms with Crippen molar-refractivity contribution in [2.75, 3.05) is 0 Å². The molecule has 0 aliphatic rings. The molecule has 0 spiro atoms. The van der Waals surface area contributed by atoms with E-state index in [1.165, 1.54) is 114 Å². The predicted octanol–water partition coefficient (Wildman–Crippen LogP) is 19.1. The van der Waals surface area contributed by atoms with Gasteiger partial charge in [-0.2, -0.15) is 0 Å². The van der Waals surface area contributed by atoms with Gasteiger partial charge in [0.25, 0.3) is 0 Å². The molecule has 0 bridgehead atoms. The lowest BCUT2D eigenvalue weighted by Gasteiger charge is -2.22. The maximum atomic E-state index is 13.8. The molecule has 0 aromatic heterocycles. The summed E-state index contributed by atoms with van der Waals surface area (Å²) in [7, 11) is 0. The van der Waals surface area contributed by atoms with Gasteiger partial charge in [0, 0.05) is 34.4 Å². The Morgan fingerprint density at radius 1 is 0.333 bits per heavy atom. The molecule has 354 valence electrons. The number of esters is 2. The third-order valence-corrected chi connectivity index (χ3v) is 13.9. The van der Waals surface area contributed by atoms with Crippen molar-refractivity contribution in [3.8, 4) is 22.6 Å². The summed E-state index contributed by atoms with van der Waals surface area (Å²) in [5.74, 6) is 0.989. The van der Waals surface area contributed by atoms with Crippen LogP contribution in [0.2, 0.25) is 0 Å². The Labute approximate surface area is 398 Å². The van der Waals surface area contributed by atoms with Gasteiger partial charge in [-0.25, -0.2) is 0 Å². The number of unbranched alkanes of at least 4 members (excludes halogenated alkanes) is 20. The van der Waals surface area contributed by atoms with Crippen molar-refractivity contribution in [2.24, 2.45) is 0 Å². The number of carbonyl (C=O) groups excluding carboxylic acids is 2. The zero-order valence-corrected chi connectivity index (χ0v) is 41.5. The highest BCUT2D eigenvalue weighted by Crippen LogP contribution is 2.50. The first-order chi connectivity index (χ1) is 32.5. The minimum Gasteiger partial charge on any atom is -0.425 e. The fourth-order valence-electron chi connectivity index (χ4n) is 10.1. The molecule has 6 aromatic carbocycles. The lowest BCUT2D eigenvalue weighted by Crippen LogP contribution is -2.09. The normalized spacial score (nSPS) is 11.6. The summed E-state index contributed by atoms with van der Waals surface area (Å²) < 4.78 is 13.1. The van der Waals surface area contributed by atoms with Gasteiger partial charge in [0.2, 0.25) is 0 Å². The summed E-state index contributed by atoms with van der Waals surface area (Å²) in [6.07, 6.45) is 31.2. The minimum atomic E-state index is -0.162. The van der Waals surface area contributed by atoms with Crippen LogP contribution in [0.15, 0.2) is 84.9 Å². The van der Waals surface area contributed by atoms with Gasteiger partial charge in [0.1, 0.15) is 11.5 Å². The van der Waals surface area contributed by atoms with Gasteiger partial charge in [0.05, 0.1) is 0 Å². The third-order valence-electron chi connectivity index (χ3n) is 13.9. The van der Waals surface area contributed by atoms with Crippen molar-refractivity contribution >= 4 is 55.0 Å². The number of ether oxygens (including phenoxy) is 2. The van der Waals surface area contributed by atoms with Crippen LogP contribution in [0.3, 0.4) is 0 Å². The quantitative estimate of drug-likeness (QED) is 0.0189. The maximum absolute atomic E-state index is 13.8. The van der Waals surface area contributed by atoms with Crippen LogP contribution in [-0.4, -0.2) is 11.9 Å². The van der Waals surface area contributed by atoms with Crippen molar-refractivity contribution in [1.82, 2.24) is 0 Å². The van der Waals surface area contributed by atoms with Gasteiger partial charge >= 0.3 is 11.9 Å². The van der Waals surface area contributed by atoms with Crippen molar-refractivity contribution in [2.45, 2.75) is 207 Å². The molecular weight excluding hydrogens is 809 g/mol. The van der Waals surface area contributed by atoms with E-state index in [-0.39, 0.29) is 11.9 Å². The van der Waals surface area contributed by atoms with E-state index in [1.807, 2.05) is 0 Å². The van der Waals surface area contributed by atoms with Crippen LogP contribution in [0.1, 0.15) is 206 Å². The number of rotatable bonds is 31. The van der Waals surface area contributed by atoms with E-state index in [0.29, 0.717) is 24.3 Å². The highest BCUT2D eigenvalue weighted by atomic mass is 16.5. The van der Waals surface area contributed by atoms with Crippen LogP contribution in [0.5, 0.6) is 11.5 Å². The summed E-state index contributed by atoms with van der Waals surface area (Å²) in [4.78, 5) is 27.6. The molecule has 0 N–H and O–H groups in total. The minimum absolute atomic E-state index is 0.162. The summed E-state index contributed by atoms with van der Waals surface area (Å²) in [6, 6.07) is 30.8. The number of aryl methyl sites for hydroxylation is 2. The summed E-state index contributed by atoms with van der Waals surface area (Å²) in [5, 5.41) is 8.11. The zero-order valence-electron chi connectivity index (χ0n) is 41.5. The van der Waals surface area contributed by atoms with E-state index in [9.17, 15) is 9.59 Å². The molecule has 0 amide bonds. The second-order valence-corrected chi connectivity index (χ2v) is 19.3. The topological polar surface area (TPSA) is 52.6 Å². The van der Waals surface area contributed by atoms with Crippen LogP contribution in [0, 0.1) is 0 Å². The molecule has 66 heavy (non-hydrogen) atoms. The third kappa shape index (κ3) is 14.2. The molecule has 0 aliphatic carbocycles. The van der Waals surface area contributed by atoms with Gasteiger partial charge in [0.15, 0.2) is 0 Å². The fraction of sp³-hybridized carbons (Fsp3) is 0.516. The highest BCUT2D eigenvalue weighted by Gasteiger charge is 2.25. The Hall–Kier alpha value is -4.70. The van der Waals surface area contributed by atoms with Crippen LogP contribution in [0.4, 0.5) is 0 Å². The summed E-state index contributed by atoms with van der Waals surface area (Å²) in [5.41, 5.74) is 4.88. The van der Waals surface area contributed by atoms with Gasteiger partial charge in [-0.3, -0.25) is 9.59 Å². The Kier molecular flexibility index (Phi) is 21.4. The zero-order chi connectivity index (χ0) is 46.4. The number of fused-ring (bicyclic) bond motifs is 4. The molecule has 4 nitrogen and oxygen atoms in total. The Bertz CT molecular complexity index is 2270. The standard InChI is InChI=1S/C62H82O4/c1-5-9-13-17-19-23-27-39-57(63)65-61-51-37-31-29-35-49(51)59(55-45-47(41-43-53(55)61)33-25-21-15-11-7-3)60-50-36-30-32-38-52(50)62(66-58(64)40-28-24-20-18-14-10-6-2)54-44-42-48(46-56(54)60)34-26-22-16-12-8-4/h29-32,35-38,41-46H,5-28,33-34,39-40H2,1-4H3. The second kappa shape index (κ2) is 27.8. The van der Waals surface area contributed by atoms with Crippen LogP contribution in [-0.2, 0) is 22.4 Å². The molecular formula is C62H82O4. The summed E-state index contributed by atoms with van der Waals surface area (Å²) in [6.45, 7) is 9.03. The number of hydrogen-bond acceptors (Lipinski definition) is 4. The first-order valence-electron chi connectivity index (χ1n) is 26.8. The SMILES string of the molecule is CCCCCCCCCC(=O)Oc1c2ccccc2c(-c2c3ccccc3c(OC(=O)CCCCCCCCC)c3ccc(CCCCCCC)cc23)c2cc(CCCCCCC)ccc12. The number of carbonyl (C=O) groups is 2. The largest absolute Gasteiger partial charge is 0.425 e. The lowest BCUT2D eigenvalue weighted by molar-refractivity contribution is -0.135. The molecule has 6 aromatic rings. The molecule has 0 saturated carbocycles. The molecule has 0 heterocycles. The van der Waals surface area contributed by atoms with E-state index in [1.54, 1.807) is 0 Å². The van der Waals surface area contributed by atoms with Crippen molar-refractivity contribution < 1.29 is 19.1 Å².